The molecule has 1 aromatic carbocycles. The molecule has 1 N–H and O–H groups in total. The Labute approximate surface area is 109 Å². The lowest BCUT2D eigenvalue weighted by molar-refractivity contribution is 0.0696. The Morgan fingerprint density at radius 2 is 1.84 bits per heavy atom. The second-order valence-electron chi connectivity index (χ2n) is 4.13. The molecule has 0 aliphatic carbocycles. The van der Waals surface area contributed by atoms with Crippen LogP contribution in [0.15, 0.2) is 36.7 Å². The minimum absolute atomic E-state index is 0.160. The maximum Gasteiger partial charge on any atom is 0.337 e. The smallest absolute Gasteiger partial charge is 0.337 e. The highest BCUT2D eigenvalue weighted by atomic mass is 16.6. The molecule has 0 saturated carbocycles. The van der Waals surface area contributed by atoms with Crippen LogP contribution in [0.3, 0.4) is 0 Å². The van der Waals surface area contributed by atoms with Crippen molar-refractivity contribution in [2.75, 3.05) is 13.2 Å². The molecule has 2 heterocycles. The summed E-state index contributed by atoms with van der Waals surface area (Å²) in [5.41, 5.74) is 1.74. The number of aromatic nitrogens is 1. The molecule has 1 aliphatic rings. The fraction of sp³-hybridized carbons (Fsp3) is 0.143. The standard InChI is InChI=1S/C14H11NO4/c16-14(17)11-5-10(7-15-8-11)9-1-2-12-13(6-9)19-4-3-18-12/h1-2,5-8H,3-4H2,(H,16,17). The summed E-state index contributed by atoms with van der Waals surface area (Å²) in [5.74, 6) is 0.383. The highest BCUT2D eigenvalue weighted by Crippen LogP contribution is 2.34. The van der Waals surface area contributed by atoms with Crippen molar-refractivity contribution < 1.29 is 19.4 Å². The first-order valence-corrected chi connectivity index (χ1v) is 5.82. The fourth-order valence-electron chi connectivity index (χ4n) is 1.94. The van der Waals surface area contributed by atoms with E-state index in [2.05, 4.69) is 4.98 Å². The van der Waals surface area contributed by atoms with Crippen LogP contribution in [0.5, 0.6) is 11.5 Å². The molecule has 19 heavy (non-hydrogen) atoms. The van der Waals surface area contributed by atoms with Gasteiger partial charge in [-0.1, -0.05) is 6.07 Å². The molecule has 0 fully saturated rings. The molecule has 0 atom stereocenters. The maximum atomic E-state index is 10.9. The van der Waals surface area contributed by atoms with Crippen LogP contribution in [-0.4, -0.2) is 29.3 Å². The van der Waals surface area contributed by atoms with Gasteiger partial charge in [0.25, 0.3) is 0 Å². The van der Waals surface area contributed by atoms with Crippen molar-refractivity contribution in [3.63, 3.8) is 0 Å². The summed E-state index contributed by atoms with van der Waals surface area (Å²) in [6.07, 6.45) is 2.95. The average Bonchev–Trinajstić information content (AvgIpc) is 2.47. The minimum atomic E-state index is -0.994. The van der Waals surface area contributed by atoms with Crippen LogP contribution in [0.1, 0.15) is 10.4 Å². The summed E-state index contributed by atoms with van der Waals surface area (Å²) in [7, 11) is 0. The Hall–Kier alpha value is -2.56. The van der Waals surface area contributed by atoms with E-state index in [4.69, 9.17) is 14.6 Å². The van der Waals surface area contributed by atoms with Crippen LogP contribution in [0.4, 0.5) is 0 Å². The molecule has 96 valence electrons. The van der Waals surface area contributed by atoms with Crippen molar-refractivity contribution >= 4 is 5.97 Å². The molecule has 0 radical (unpaired) electrons. The maximum absolute atomic E-state index is 10.9. The van der Waals surface area contributed by atoms with E-state index in [1.165, 1.54) is 6.20 Å². The summed E-state index contributed by atoms with van der Waals surface area (Å²) in [4.78, 5) is 14.9. The van der Waals surface area contributed by atoms with Crippen molar-refractivity contribution in [2.24, 2.45) is 0 Å². The molecule has 0 spiro atoms. The van der Waals surface area contributed by atoms with Gasteiger partial charge in [-0.15, -0.1) is 0 Å². The molecule has 0 bridgehead atoms. The molecule has 1 aliphatic heterocycles. The largest absolute Gasteiger partial charge is 0.486 e. The fourth-order valence-corrected chi connectivity index (χ4v) is 1.94. The monoisotopic (exact) mass is 257 g/mol. The predicted molar refractivity (Wildman–Crippen MR) is 67.6 cm³/mol. The van der Waals surface area contributed by atoms with E-state index in [0.29, 0.717) is 24.7 Å². The van der Waals surface area contributed by atoms with E-state index in [0.717, 1.165) is 11.1 Å². The van der Waals surface area contributed by atoms with E-state index < -0.39 is 5.97 Å². The van der Waals surface area contributed by atoms with Crippen molar-refractivity contribution in [3.05, 3.63) is 42.2 Å². The van der Waals surface area contributed by atoms with Gasteiger partial charge in [0.15, 0.2) is 11.5 Å². The van der Waals surface area contributed by atoms with Crippen LogP contribution in [0, 0.1) is 0 Å². The SMILES string of the molecule is O=C(O)c1cncc(-c2ccc3c(c2)OCCO3)c1. The van der Waals surface area contributed by atoms with E-state index in [-0.39, 0.29) is 5.56 Å². The van der Waals surface area contributed by atoms with Gasteiger partial charge < -0.3 is 14.6 Å². The summed E-state index contributed by atoms with van der Waals surface area (Å²) >= 11 is 0. The summed E-state index contributed by atoms with van der Waals surface area (Å²) in [5, 5.41) is 8.96. The summed E-state index contributed by atoms with van der Waals surface area (Å²) < 4.78 is 10.9. The molecular weight excluding hydrogens is 246 g/mol. The third-order valence-corrected chi connectivity index (χ3v) is 2.86. The van der Waals surface area contributed by atoms with Crippen LogP contribution in [-0.2, 0) is 0 Å². The number of hydrogen-bond acceptors (Lipinski definition) is 4. The lowest BCUT2D eigenvalue weighted by atomic mass is 10.1. The van der Waals surface area contributed by atoms with Gasteiger partial charge in [-0.25, -0.2) is 4.79 Å². The summed E-state index contributed by atoms with van der Waals surface area (Å²) in [6.45, 7) is 1.06. The van der Waals surface area contributed by atoms with Gasteiger partial charge in [0.1, 0.15) is 13.2 Å². The van der Waals surface area contributed by atoms with Gasteiger partial charge >= 0.3 is 5.97 Å². The number of rotatable bonds is 2. The lowest BCUT2D eigenvalue weighted by Crippen LogP contribution is -2.15. The second-order valence-corrected chi connectivity index (χ2v) is 4.13. The van der Waals surface area contributed by atoms with Crippen LogP contribution in [0.25, 0.3) is 11.1 Å². The van der Waals surface area contributed by atoms with Gasteiger partial charge in [-0.05, 0) is 23.8 Å². The predicted octanol–water partition coefficient (Wildman–Crippen LogP) is 2.22. The van der Waals surface area contributed by atoms with Gasteiger partial charge in [0.2, 0.25) is 0 Å². The Bertz CT molecular complexity index is 639. The zero-order valence-corrected chi connectivity index (χ0v) is 10.00. The number of hydrogen-bond donors (Lipinski definition) is 1. The van der Waals surface area contributed by atoms with Crippen molar-refractivity contribution in [1.82, 2.24) is 4.98 Å². The number of carboxylic acid groups (broad SMARTS) is 1. The lowest BCUT2D eigenvalue weighted by Gasteiger charge is -2.18. The minimum Gasteiger partial charge on any atom is -0.486 e. The molecule has 3 rings (SSSR count). The molecule has 0 unspecified atom stereocenters. The van der Waals surface area contributed by atoms with Crippen molar-refractivity contribution in [1.29, 1.82) is 0 Å². The van der Waals surface area contributed by atoms with E-state index in [1.807, 2.05) is 18.2 Å². The zero-order valence-electron chi connectivity index (χ0n) is 10.00. The van der Waals surface area contributed by atoms with E-state index >= 15 is 0 Å². The highest BCUT2D eigenvalue weighted by molar-refractivity contribution is 5.88. The Morgan fingerprint density at radius 3 is 2.63 bits per heavy atom. The number of nitrogens with zero attached hydrogens (tertiary/aromatic N) is 1. The normalized spacial score (nSPS) is 13.1. The third kappa shape index (κ3) is 2.22. The van der Waals surface area contributed by atoms with Crippen LogP contribution in [0.2, 0.25) is 0 Å². The Kier molecular flexibility index (Phi) is 2.79. The number of pyridine rings is 1. The first kappa shape index (κ1) is 11.5. The molecule has 1 aromatic heterocycles. The first-order valence-electron chi connectivity index (χ1n) is 5.82. The Morgan fingerprint density at radius 1 is 1.05 bits per heavy atom. The summed E-state index contributed by atoms with van der Waals surface area (Å²) in [6, 6.07) is 7.09. The highest BCUT2D eigenvalue weighted by Gasteiger charge is 2.13. The van der Waals surface area contributed by atoms with Gasteiger partial charge in [-0.3, -0.25) is 4.98 Å². The number of ether oxygens (including phenoxy) is 2. The molecule has 5 nitrogen and oxygen atoms in total. The zero-order chi connectivity index (χ0) is 13.2. The number of benzene rings is 1. The van der Waals surface area contributed by atoms with Crippen molar-refractivity contribution in [2.45, 2.75) is 0 Å². The third-order valence-electron chi connectivity index (χ3n) is 2.86. The molecule has 2 aromatic rings. The Balaban J connectivity index is 2.02. The van der Waals surface area contributed by atoms with Crippen molar-refractivity contribution in [3.8, 4) is 22.6 Å². The topological polar surface area (TPSA) is 68.7 Å². The number of aromatic carboxylic acids is 1. The van der Waals surface area contributed by atoms with Crippen LogP contribution >= 0.6 is 0 Å². The molecule has 5 heteroatoms. The average molecular weight is 257 g/mol. The van der Waals surface area contributed by atoms with Gasteiger partial charge in [0, 0.05) is 18.0 Å². The first-order chi connectivity index (χ1) is 9.24. The number of carbonyl (C=O) groups is 1. The second kappa shape index (κ2) is 4.61. The quantitative estimate of drug-likeness (QED) is 0.893. The number of carboxylic acids is 1. The molecule has 0 amide bonds. The van der Waals surface area contributed by atoms with Crippen LogP contribution < -0.4 is 9.47 Å². The molecule has 0 saturated heterocycles. The van der Waals surface area contributed by atoms with Gasteiger partial charge in [0.05, 0.1) is 5.56 Å². The van der Waals surface area contributed by atoms with E-state index in [1.54, 1.807) is 12.3 Å². The molecular formula is C14H11NO4. The van der Waals surface area contributed by atoms with E-state index in [9.17, 15) is 4.79 Å². The van der Waals surface area contributed by atoms with Gasteiger partial charge in [-0.2, -0.15) is 0 Å². The number of fused-ring (bicyclic) bond motifs is 1.